The van der Waals surface area contributed by atoms with Crippen LogP contribution < -0.4 is 4.74 Å². The molecule has 2 heteroatoms. The minimum atomic E-state index is -0.211. The molecule has 6 fully saturated rings. The Morgan fingerprint density at radius 2 is 1.11 bits per heavy atom. The summed E-state index contributed by atoms with van der Waals surface area (Å²) in [6, 6.07) is 8.76. The molecule has 1 aromatic rings. The number of rotatable bonds is 11. The second-order valence-corrected chi connectivity index (χ2v) is 13.4. The first-order valence-electron chi connectivity index (χ1n) is 15.3. The predicted octanol–water partition coefficient (Wildman–Crippen LogP) is 9.69. The quantitative estimate of drug-likeness (QED) is 0.180. The van der Waals surface area contributed by atoms with Crippen LogP contribution in [0.5, 0.6) is 5.75 Å². The van der Waals surface area contributed by atoms with E-state index in [2.05, 4.69) is 38.1 Å². The van der Waals surface area contributed by atoms with E-state index in [4.69, 9.17) is 4.74 Å². The standard InChI is InChI=1S/C33H50O2/c1-3-5-7-13-30-15-21-32(22-16-30,23-17-30)27-9-11-28(12-10-27)35-29(34)33-24-18-31(19-25-33,20-26-33)14-8-6-4-2/h9-12H,3-8,13-26H2,1-2H3. The molecule has 0 aromatic heterocycles. The maximum atomic E-state index is 13.3. The van der Waals surface area contributed by atoms with Crippen molar-refractivity contribution in [3.05, 3.63) is 29.8 Å². The first kappa shape index (κ1) is 25.3. The van der Waals surface area contributed by atoms with E-state index in [1.807, 2.05) is 0 Å². The first-order valence-corrected chi connectivity index (χ1v) is 15.3. The highest BCUT2D eigenvalue weighted by atomic mass is 16.5. The van der Waals surface area contributed by atoms with Gasteiger partial charge < -0.3 is 4.74 Å². The third-order valence-electron chi connectivity index (χ3n) is 11.5. The van der Waals surface area contributed by atoms with Crippen molar-refractivity contribution in [1.82, 2.24) is 0 Å². The van der Waals surface area contributed by atoms with Crippen molar-refractivity contribution in [3.63, 3.8) is 0 Å². The number of hydrogen-bond donors (Lipinski definition) is 0. The highest BCUT2D eigenvalue weighted by Gasteiger charge is 2.53. The minimum Gasteiger partial charge on any atom is -0.426 e. The van der Waals surface area contributed by atoms with Gasteiger partial charge in [-0.15, -0.1) is 0 Å². The lowest BCUT2D eigenvalue weighted by atomic mass is 9.51. The van der Waals surface area contributed by atoms with Gasteiger partial charge in [-0.25, -0.2) is 0 Å². The molecule has 6 aliphatic rings. The fourth-order valence-corrected chi connectivity index (χ4v) is 8.61. The summed E-state index contributed by atoms with van der Waals surface area (Å²) in [6.45, 7) is 4.60. The molecule has 194 valence electrons. The van der Waals surface area contributed by atoms with E-state index in [9.17, 15) is 4.79 Å². The number of fused-ring (bicyclic) bond motifs is 6. The molecule has 4 bridgehead atoms. The summed E-state index contributed by atoms with van der Waals surface area (Å²) in [7, 11) is 0. The third-order valence-corrected chi connectivity index (χ3v) is 11.5. The molecule has 0 N–H and O–H groups in total. The summed E-state index contributed by atoms with van der Waals surface area (Å²) in [6.07, 6.45) is 26.1. The number of carbonyl (C=O) groups is 1. The van der Waals surface area contributed by atoms with Gasteiger partial charge in [0, 0.05) is 0 Å². The molecule has 2 nitrogen and oxygen atoms in total. The van der Waals surface area contributed by atoms with Crippen LogP contribution >= 0.6 is 0 Å². The zero-order valence-electron chi connectivity index (χ0n) is 22.8. The molecular weight excluding hydrogens is 428 g/mol. The van der Waals surface area contributed by atoms with Crippen LogP contribution in [0, 0.1) is 16.2 Å². The molecule has 0 unspecified atom stereocenters. The molecule has 35 heavy (non-hydrogen) atoms. The monoisotopic (exact) mass is 478 g/mol. The topological polar surface area (TPSA) is 26.3 Å². The van der Waals surface area contributed by atoms with Crippen molar-refractivity contribution < 1.29 is 9.53 Å². The average Bonchev–Trinajstić information content (AvgIpc) is 2.91. The van der Waals surface area contributed by atoms with Gasteiger partial charge in [0.15, 0.2) is 0 Å². The molecule has 0 heterocycles. The highest BCUT2D eigenvalue weighted by molar-refractivity contribution is 5.79. The number of carbonyl (C=O) groups excluding carboxylic acids is 1. The molecule has 7 rings (SSSR count). The highest BCUT2D eigenvalue weighted by Crippen LogP contribution is 2.60. The summed E-state index contributed by atoms with van der Waals surface area (Å²) in [5, 5.41) is 0. The molecule has 0 radical (unpaired) electrons. The van der Waals surface area contributed by atoms with Gasteiger partial charge in [0.05, 0.1) is 5.41 Å². The number of benzene rings is 1. The molecule has 1 aromatic carbocycles. The van der Waals surface area contributed by atoms with Gasteiger partial charge in [-0.05, 0) is 124 Å². The van der Waals surface area contributed by atoms with Crippen LogP contribution in [-0.2, 0) is 10.2 Å². The summed E-state index contributed by atoms with van der Waals surface area (Å²) in [5.41, 5.74) is 2.84. The molecule has 6 aliphatic carbocycles. The molecule has 0 atom stereocenters. The zero-order valence-corrected chi connectivity index (χ0v) is 22.8. The SMILES string of the molecule is CCCCCC12CCC(C(=O)Oc3ccc(C45CCC(CCCCC)(CC4)CC5)cc3)(CC1)CC2. The second kappa shape index (κ2) is 10.2. The third kappa shape index (κ3) is 4.97. The fraction of sp³-hybridized carbons (Fsp3) is 0.788. The van der Waals surface area contributed by atoms with Crippen molar-refractivity contribution in [2.45, 2.75) is 148 Å². The van der Waals surface area contributed by atoms with Crippen molar-refractivity contribution >= 4 is 5.97 Å². The maximum absolute atomic E-state index is 13.3. The lowest BCUT2D eigenvalue weighted by Gasteiger charge is -2.54. The number of esters is 1. The van der Waals surface area contributed by atoms with Gasteiger partial charge in [-0.2, -0.15) is 0 Å². The van der Waals surface area contributed by atoms with Crippen LogP contribution in [0.2, 0.25) is 0 Å². The molecule has 0 amide bonds. The summed E-state index contributed by atoms with van der Waals surface area (Å²) in [5.74, 6) is 0.813. The lowest BCUT2D eigenvalue weighted by Crippen LogP contribution is -2.47. The fourth-order valence-electron chi connectivity index (χ4n) is 8.61. The van der Waals surface area contributed by atoms with Crippen molar-refractivity contribution in [2.75, 3.05) is 0 Å². The summed E-state index contributed by atoms with van der Waals surface area (Å²) < 4.78 is 6.05. The van der Waals surface area contributed by atoms with E-state index in [0.717, 1.165) is 25.0 Å². The van der Waals surface area contributed by atoms with Crippen LogP contribution in [0.25, 0.3) is 0 Å². The van der Waals surface area contributed by atoms with Gasteiger partial charge in [-0.1, -0.05) is 64.5 Å². The smallest absolute Gasteiger partial charge is 0.317 e. The van der Waals surface area contributed by atoms with Gasteiger partial charge in [0.25, 0.3) is 0 Å². The van der Waals surface area contributed by atoms with E-state index in [1.165, 1.54) is 115 Å². The Balaban J connectivity index is 1.16. The van der Waals surface area contributed by atoms with E-state index < -0.39 is 0 Å². The van der Waals surface area contributed by atoms with Gasteiger partial charge >= 0.3 is 5.97 Å². The number of unbranched alkanes of at least 4 members (excludes halogenated alkanes) is 4. The van der Waals surface area contributed by atoms with Crippen LogP contribution in [0.1, 0.15) is 148 Å². The predicted molar refractivity (Wildman–Crippen MR) is 145 cm³/mol. The average molecular weight is 479 g/mol. The Labute approximate surface area is 215 Å². The Morgan fingerprint density at radius 1 is 0.657 bits per heavy atom. The zero-order chi connectivity index (χ0) is 24.4. The van der Waals surface area contributed by atoms with Crippen molar-refractivity contribution in [3.8, 4) is 5.75 Å². The molecule has 0 saturated heterocycles. The molecule has 0 aliphatic heterocycles. The molecule has 6 saturated carbocycles. The lowest BCUT2D eigenvalue weighted by molar-refractivity contribution is -0.156. The van der Waals surface area contributed by atoms with Crippen molar-refractivity contribution in [2.24, 2.45) is 16.2 Å². The van der Waals surface area contributed by atoms with Gasteiger partial charge in [-0.3, -0.25) is 4.79 Å². The number of ether oxygens (including phenoxy) is 1. The minimum absolute atomic E-state index is 0.0532. The Morgan fingerprint density at radius 3 is 1.57 bits per heavy atom. The van der Waals surface area contributed by atoms with E-state index in [1.54, 1.807) is 0 Å². The van der Waals surface area contributed by atoms with Crippen LogP contribution in [0.4, 0.5) is 0 Å². The summed E-state index contributed by atoms with van der Waals surface area (Å²) in [4.78, 5) is 13.3. The number of hydrogen-bond acceptors (Lipinski definition) is 2. The maximum Gasteiger partial charge on any atom is 0.317 e. The van der Waals surface area contributed by atoms with Crippen LogP contribution in [-0.4, -0.2) is 5.97 Å². The normalized spacial score (nSPS) is 35.8. The van der Waals surface area contributed by atoms with E-state index in [-0.39, 0.29) is 11.4 Å². The Kier molecular flexibility index (Phi) is 7.40. The Bertz CT molecular complexity index is 817. The van der Waals surface area contributed by atoms with Crippen LogP contribution in [0.15, 0.2) is 24.3 Å². The summed E-state index contributed by atoms with van der Waals surface area (Å²) >= 11 is 0. The second-order valence-electron chi connectivity index (χ2n) is 13.4. The van der Waals surface area contributed by atoms with Gasteiger partial charge in [0.1, 0.15) is 5.75 Å². The molecular formula is C33H50O2. The van der Waals surface area contributed by atoms with Gasteiger partial charge in [0.2, 0.25) is 0 Å². The van der Waals surface area contributed by atoms with Crippen LogP contribution in [0.3, 0.4) is 0 Å². The first-order chi connectivity index (χ1) is 17.0. The molecule has 0 spiro atoms. The largest absolute Gasteiger partial charge is 0.426 e. The Hall–Kier alpha value is -1.31. The van der Waals surface area contributed by atoms with E-state index in [0.29, 0.717) is 16.2 Å². The van der Waals surface area contributed by atoms with Crippen molar-refractivity contribution in [1.29, 1.82) is 0 Å². The van der Waals surface area contributed by atoms with E-state index >= 15 is 0 Å².